The normalized spacial score (nSPS) is 14.2. The van der Waals surface area contributed by atoms with E-state index in [0.29, 0.717) is 5.56 Å². The molecule has 7 heteroatoms. The molecule has 0 unspecified atom stereocenters. The van der Waals surface area contributed by atoms with E-state index in [4.69, 9.17) is 4.74 Å². The summed E-state index contributed by atoms with van der Waals surface area (Å²) in [5, 5.41) is 3.34. The number of nitrogens with zero attached hydrogens (tertiary/aromatic N) is 4. The third kappa shape index (κ3) is 5.69. The van der Waals surface area contributed by atoms with E-state index >= 15 is 0 Å². The van der Waals surface area contributed by atoms with Gasteiger partial charge in [-0.25, -0.2) is 4.98 Å². The molecule has 3 heterocycles. The quantitative estimate of drug-likeness (QED) is 0.618. The molecule has 1 N–H and O–H groups in total. The molecule has 0 aliphatic carbocycles. The molecule has 7 nitrogen and oxygen atoms in total. The number of amides is 1. The SMILES string of the molecule is CN(C)C(=O)c1ccc(-c2ccc(Nc3cncc(CCN4CCOCC4)c3)nc2)cc1. The smallest absolute Gasteiger partial charge is 0.253 e. The van der Waals surface area contributed by atoms with Gasteiger partial charge in [0.1, 0.15) is 5.82 Å². The number of hydrogen-bond donors (Lipinski definition) is 1. The lowest BCUT2D eigenvalue weighted by Crippen LogP contribution is -2.37. The van der Waals surface area contributed by atoms with Gasteiger partial charge in [0.05, 0.1) is 25.1 Å². The van der Waals surface area contributed by atoms with Crippen molar-refractivity contribution in [1.82, 2.24) is 19.8 Å². The van der Waals surface area contributed by atoms with Crippen LogP contribution in [0.4, 0.5) is 11.5 Å². The second-order valence-electron chi connectivity index (χ2n) is 8.12. The Bertz CT molecular complexity index is 1030. The monoisotopic (exact) mass is 431 g/mol. The average molecular weight is 432 g/mol. The van der Waals surface area contributed by atoms with Gasteiger partial charge in [0.2, 0.25) is 0 Å². The number of pyridine rings is 2. The molecule has 1 aliphatic heterocycles. The summed E-state index contributed by atoms with van der Waals surface area (Å²) in [6.07, 6.45) is 6.53. The molecule has 0 bridgehead atoms. The lowest BCUT2D eigenvalue weighted by Gasteiger charge is -2.26. The van der Waals surface area contributed by atoms with Gasteiger partial charge in [-0.05, 0) is 47.9 Å². The molecule has 1 aliphatic rings. The van der Waals surface area contributed by atoms with Crippen molar-refractivity contribution in [2.24, 2.45) is 0 Å². The van der Waals surface area contributed by atoms with Crippen LogP contribution in [0.5, 0.6) is 0 Å². The molecule has 1 fully saturated rings. The first-order valence-electron chi connectivity index (χ1n) is 10.9. The number of aromatic nitrogens is 2. The van der Waals surface area contributed by atoms with Crippen LogP contribution in [0.3, 0.4) is 0 Å². The highest BCUT2D eigenvalue weighted by Crippen LogP contribution is 2.22. The molecule has 32 heavy (non-hydrogen) atoms. The number of anilines is 2. The van der Waals surface area contributed by atoms with Crippen LogP contribution in [0.1, 0.15) is 15.9 Å². The minimum absolute atomic E-state index is 0.00462. The summed E-state index contributed by atoms with van der Waals surface area (Å²) in [5.41, 5.74) is 4.82. The number of rotatable bonds is 7. The maximum absolute atomic E-state index is 12.0. The number of benzene rings is 1. The Kier molecular flexibility index (Phi) is 7.09. The first kappa shape index (κ1) is 21.9. The summed E-state index contributed by atoms with van der Waals surface area (Å²) in [7, 11) is 3.50. The summed E-state index contributed by atoms with van der Waals surface area (Å²) >= 11 is 0. The molecule has 166 valence electrons. The van der Waals surface area contributed by atoms with Gasteiger partial charge in [0, 0.05) is 57.3 Å². The van der Waals surface area contributed by atoms with E-state index in [0.717, 1.165) is 61.9 Å². The van der Waals surface area contributed by atoms with Gasteiger partial charge in [-0.15, -0.1) is 0 Å². The largest absolute Gasteiger partial charge is 0.379 e. The van der Waals surface area contributed by atoms with Crippen LogP contribution in [0.2, 0.25) is 0 Å². The molecular weight excluding hydrogens is 402 g/mol. The molecule has 1 amide bonds. The van der Waals surface area contributed by atoms with Gasteiger partial charge in [-0.3, -0.25) is 14.7 Å². The van der Waals surface area contributed by atoms with Crippen molar-refractivity contribution in [2.75, 3.05) is 52.3 Å². The van der Waals surface area contributed by atoms with Crippen LogP contribution < -0.4 is 5.32 Å². The Morgan fingerprint density at radius 1 is 1.03 bits per heavy atom. The number of carbonyl (C=O) groups excluding carboxylic acids is 1. The van der Waals surface area contributed by atoms with E-state index in [-0.39, 0.29) is 5.91 Å². The van der Waals surface area contributed by atoms with E-state index < -0.39 is 0 Å². The van der Waals surface area contributed by atoms with Crippen molar-refractivity contribution in [3.8, 4) is 11.1 Å². The average Bonchev–Trinajstić information content (AvgIpc) is 2.84. The summed E-state index contributed by atoms with van der Waals surface area (Å²) in [6, 6.07) is 13.7. The van der Waals surface area contributed by atoms with Gasteiger partial charge in [-0.1, -0.05) is 12.1 Å². The first-order chi connectivity index (χ1) is 15.6. The number of hydrogen-bond acceptors (Lipinski definition) is 6. The van der Waals surface area contributed by atoms with Gasteiger partial charge >= 0.3 is 0 Å². The second kappa shape index (κ2) is 10.3. The Labute approximate surface area is 189 Å². The third-order valence-electron chi connectivity index (χ3n) is 5.52. The molecule has 2 aromatic heterocycles. The lowest BCUT2D eigenvalue weighted by atomic mass is 10.1. The predicted octanol–water partition coefficient (Wildman–Crippen LogP) is 3.46. The number of carbonyl (C=O) groups is 1. The van der Waals surface area contributed by atoms with Crippen molar-refractivity contribution >= 4 is 17.4 Å². The first-order valence-corrected chi connectivity index (χ1v) is 10.9. The van der Waals surface area contributed by atoms with Crippen molar-refractivity contribution in [3.05, 3.63) is 72.2 Å². The Balaban J connectivity index is 1.37. The Hall–Kier alpha value is -3.29. The molecule has 0 spiro atoms. The van der Waals surface area contributed by atoms with Crippen molar-refractivity contribution in [1.29, 1.82) is 0 Å². The van der Waals surface area contributed by atoms with Crippen molar-refractivity contribution in [3.63, 3.8) is 0 Å². The summed E-state index contributed by atoms with van der Waals surface area (Å²) < 4.78 is 5.41. The highest BCUT2D eigenvalue weighted by Gasteiger charge is 2.11. The molecule has 0 saturated carbocycles. The van der Waals surface area contributed by atoms with Crippen LogP contribution in [0, 0.1) is 0 Å². The molecule has 4 rings (SSSR count). The molecule has 1 aromatic carbocycles. The summed E-state index contributed by atoms with van der Waals surface area (Å²) in [6.45, 7) is 4.65. The molecular formula is C25H29N5O2. The van der Waals surface area contributed by atoms with E-state index in [9.17, 15) is 4.79 Å². The van der Waals surface area contributed by atoms with Crippen LogP contribution in [-0.4, -0.2) is 72.6 Å². The van der Waals surface area contributed by atoms with Gasteiger partial charge in [-0.2, -0.15) is 0 Å². The molecule has 0 radical (unpaired) electrons. The maximum atomic E-state index is 12.0. The maximum Gasteiger partial charge on any atom is 0.253 e. The van der Waals surface area contributed by atoms with E-state index in [1.165, 1.54) is 5.56 Å². The summed E-state index contributed by atoms with van der Waals surface area (Å²) in [5.74, 6) is 0.760. The fraction of sp³-hybridized carbons (Fsp3) is 0.320. The van der Waals surface area contributed by atoms with Crippen LogP contribution in [0.25, 0.3) is 11.1 Å². The molecule has 1 saturated heterocycles. The minimum Gasteiger partial charge on any atom is -0.379 e. The Morgan fingerprint density at radius 3 is 2.47 bits per heavy atom. The number of nitrogens with one attached hydrogen (secondary N) is 1. The standard InChI is InChI=1S/C25H29N5O2/c1-29(2)25(31)21-5-3-20(4-6-21)22-7-8-24(27-17-22)28-23-15-19(16-26-18-23)9-10-30-11-13-32-14-12-30/h3-8,15-18H,9-14H2,1-2H3,(H,27,28). The zero-order chi connectivity index (χ0) is 22.3. The van der Waals surface area contributed by atoms with Gasteiger partial charge in [0.25, 0.3) is 5.91 Å². The summed E-state index contributed by atoms with van der Waals surface area (Å²) in [4.78, 5) is 25.0. The lowest BCUT2D eigenvalue weighted by molar-refractivity contribution is 0.0384. The minimum atomic E-state index is -0.00462. The van der Waals surface area contributed by atoms with Crippen LogP contribution in [-0.2, 0) is 11.2 Å². The fourth-order valence-electron chi connectivity index (χ4n) is 3.65. The zero-order valence-electron chi connectivity index (χ0n) is 18.6. The molecule has 0 atom stereocenters. The predicted molar refractivity (Wildman–Crippen MR) is 126 cm³/mol. The van der Waals surface area contributed by atoms with Gasteiger partial charge in [0.15, 0.2) is 0 Å². The molecule has 3 aromatic rings. The highest BCUT2D eigenvalue weighted by molar-refractivity contribution is 5.94. The van der Waals surface area contributed by atoms with Crippen molar-refractivity contribution in [2.45, 2.75) is 6.42 Å². The van der Waals surface area contributed by atoms with Crippen LogP contribution in [0.15, 0.2) is 61.1 Å². The van der Waals surface area contributed by atoms with E-state index in [2.05, 4.69) is 26.3 Å². The second-order valence-corrected chi connectivity index (χ2v) is 8.12. The van der Waals surface area contributed by atoms with Gasteiger partial charge < -0.3 is 15.0 Å². The van der Waals surface area contributed by atoms with Crippen LogP contribution >= 0.6 is 0 Å². The highest BCUT2D eigenvalue weighted by atomic mass is 16.5. The fourth-order valence-corrected chi connectivity index (χ4v) is 3.65. The van der Waals surface area contributed by atoms with Crippen molar-refractivity contribution < 1.29 is 9.53 Å². The third-order valence-corrected chi connectivity index (χ3v) is 5.52. The van der Waals surface area contributed by atoms with E-state index in [1.54, 1.807) is 19.0 Å². The number of morpholine rings is 1. The number of ether oxygens (including phenoxy) is 1. The zero-order valence-corrected chi connectivity index (χ0v) is 18.6. The topological polar surface area (TPSA) is 70.6 Å². The Morgan fingerprint density at radius 2 is 1.78 bits per heavy atom. The van der Waals surface area contributed by atoms with E-state index in [1.807, 2.05) is 55.0 Å².